The topological polar surface area (TPSA) is 76.0 Å². The Balaban J connectivity index is 1.50. The molecule has 7 nitrogen and oxygen atoms in total. The molecule has 1 atom stereocenters. The van der Waals surface area contributed by atoms with E-state index in [2.05, 4.69) is 16.3 Å². The molecule has 9 heteroatoms. The molecule has 3 heterocycles. The van der Waals surface area contributed by atoms with Gasteiger partial charge in [0.1, 0.15) is 11.9 Å². The average molecular weight is 500 g/mol. The number of nitrogens with zero attached hydrogens (tertiary/aromatic N) is 2. The lowest BCUT2D eigenvalue weighted by atomic mass is 10.0. The molecular formula is C25H26ClN3O4S. The fraction of sp³-hybridized carbons (Fsp3) is 0.360. The number of nitrogens with one attached hydrogen (secondary N) is 1. The van der Waals surface area contributed by atoms with Crippen molar-refractivity contribution in [2.75, 3.05) is 32.9 Å². The molecule has 0 saturated carbocycles. The number of pyridine rings is 1. The van der Waals surface area contributed by atoms with Crippen LogP contribution < -0.4 is 10.1 Å². The molecule has 0 spiro atoms. The van der Waals surface area contributed by atoms with E-state index in [1.807, 2.05) is 22.8 Å². The highest BCUT2D eigenvalue weighted by atomic mass is 35.5. The van der Waals surface area contributed by atoms with Crippen molar-refractivity contribution < 1.29 is 19.4 Å². The summed E-state index contributed by atoms with van der Waals surface area (Å²) in [6.45, 7) is 4.59. The van der Waals surface area contributed by atoms with Gasteiger partial charge in [0, 0.05) is 42.8 Å². The third-order valence-electron chi connectivity index (χ3n) is 6.21. The van der Waals surface area contributed by atoms with Crippen LogP contribution in [-0.4, -0.2) is 59.5 Å². The van der Waals surface area contributed by atoms with E-state index in [1.54, 1.807) is 18.3 Å². The molecule has 1 aromatic heterocycles. The first-order valence-electron chi connectivity index (χ1n) is 11.3. The Hall–Kier alpha value is -2.49. The summed E-state index contributed by atoms with van der Waals surface area (Å²) in [5.41, 5.74) is 3.29. The number of ether oxygens (including phenoxy) is 2. The molecule has 2 N–H and O–H groups in total. The van der Waals surface area contributed by atoms with Gasteiger partial charge in [-0.1, -0.05) is 36.0 Å². The number of aliphatic hydroxyl groups excluding tert-OH is 1. The molecule has 2 aliphatic heterocycles. The molecule has 0 radical (unpaired) electrons. The van der Waals surface area contributed by atoms with E-state index in [9.17, 15) is 9.90 Å². The van der Waals surface area contributed by atoms with E-state index in [0.717, 1.165) is 41.7 Å². The second-order valence-electron chi connectivity index (χ2n) is 8.63. The molecule has 2 aromatic carbocycles. The maximum atomic E-state index is 13.2. The summed E-state index contributed by atoms with van der Waals surface area (Å²) >= 11 is 11.8. The molecule has 1 fully saturated rings. The largest absolute Gasteiger partial charge is 0.484 e. The number of hydrogen-bond acceptors (Lipinski definition) is 6. The highest BCUT2D eigenvalue weighted by molar-refractivity contribution is 7.71. The van der Waals surface area contributed by atoms with Crippen LogP contribution in [0.15, 0.2) is 42.6 Å². The van der Waals surface area contributed by atoms with Gasteiger partial charge in [-0.3, -0.25) is 9.69 Å². The molecule has 1 amide bonds. The minimum atomic E-state index is -0.389. The molecule has 178 valence electrons. The average Bonchev–Trinajstić information content (AvgIpc) is 2.85. The van der Waals surface area contributed by atoms with Crippen molar-refractivity contribution in [2.45, 2.75) is 25.7 Å². The number of aromatic nitrogens is 1. The molecular weight excluding hydrogens is 474 g/mol. The quantitative estimate of drug-likeness (QED) is 0.505. The maximum Gasteiger partial charge on any atom is 0.254 e. The summed E-state index contributed by atoms with van der Waals surface area (Å²) in [7, 11) is 0. The van der Waals surface area contributed by atoms with Gasteiger partial charge in [-0.15, -0.1) is 0 Å². The SMILES string of the molecule is O=C(NCc1ccc(Cl)cc1)c1cn2c3c(cc(CN4CCOCC4)cc3c1=S)OC(CO)C2. The molecule has 2 aliphatic rings. The highest BCUT2D eigenvalue weighted by Gasteiger charge is 2.25. The molecule has 0 aliphatic carbocycles. The first-order valence-corrected chi connectivity index (χ1v) is 12.1. The van der Waals surface area contributed by atoms with E-state index in [1.165, 1.54) is 0 Å². The summed E-state index contributed by atoms with van der Waals surface area (Å²) in [6.07, 6.45) is 1.39. The van der Waals surface area contributed by atoms with Crippen LogP contribution in [0.1, 0.15) is 21.5 Å². The van der Waals surface area contributed by atoms with Crippen LogP contribution in [0.4, 0.5) is 0 Å². The lowest BCUT2D eigenvalue weighted by Crippen LogP contribution is -2.36. The number of amides is 1. The van der Waals surface area contributed by atoms with Gasteiger partial charge in [0.05, 0.1) is 42.0 Å². The number of benzene rings is 2. The van der Waals surface area contributed by atoms with Crippen LogP contribution in [0.2, 0.25) is 5.02 Å². The Bertz CT molecular complexity index is 1270. The minimum Gasteiger partial charge on any atom is -0.484 e. The smallest absolute Gasteiger partial charge is 0.254 e. The number of halogens is 1. The molecule has 34 heavy (non-hydrogen) atoms. The highest BCUT2D eigenvalue weighted by Crippen LogP contribution is 2.34. The van der Waals surface area contributed by atoms with Gasteiger partial charge < -0.3 is 24.5 Å². The molecule has 3 aromatic rings. The van der Waals surface area contributed by atoms with Crippen LogP contribution in [-0.2, 0) is 24.4 Å². The zero-order valence-electron chi connectivity index (χ0n) is 18.6. The Morgan fingerprint density at radius 2 is 1.94 bits per heavy atom. The summed E-state index contributed by atoms with van der Waals surface area (Å²) in [4.78, 5) is 15.5. The number of hydrogen-bond donors (Lipinski definition) is 2. The number of aliphatic hydroxyl groups is 1. The van der Waals surface area contributed by atoms with Gasteiger partial charge in [0.25, 0.3) is 5.91 Å². The Morgan fingerprint density at radius 1 is 1.18 bits per heavy atom. The zero-order valence-corrected chi connectivity index (χ0v) is 20.2. The molecule has 5 rings (SSSR count). The third kappa shape index (κ3) is 4.82. The van der Waals surface area contributed by atoms with Gasteiger partial charge >= 0.3 is 0 Å². The van der Waals surface area contributed by atoms with Crippen LogP contribution in [0, 0.1) is 4.51 Å². The summed E-state index contributed by atoms with van der Waals surface area (Å²) < 4.78 is 14.0. The van der Waals surface area contributed by atoms with Crippen molar-refractivity contribution in [1.82, 2.24) is 14.8 Å². The van der Waals surface area contributed by atoms with Gasteiger partial charge in [0.15, 0.2) is 0 Å². The monoisotopic (exact) mass is 499 g/mol. The van der Waals surface area contributed by atoms with E-state index in [4.69, 9.17) is 33.3 Å². The summed E-state index contributed by atoms with van der Waals surface area (Å²) in [5, 5.41) is 14.2. The predicted octanol–water partition coefficient (Wildman–Crippen LogP) is 3.54. The van der Waals surface area contributed by atoms with Crippen LogP contribution >= 0.6 is 23.8 Å². The van der Waals surface area contributed by atoms with Crippen LogP contribution in [0.25, 0.3) is 10.9 Å². The van der Waals surface area contributed by atoms with E-state index >= 15 is 0 Å². The van der Waals surface area contributed by atoms with Gasteiger partial charge in [0.2, 0.25) is 0 Å². The molecule has 1 unspecified atom stereocenters. The minimum absolute atomic E-state index is 0.116. The lowest BCUT2D eigenvalue weighted by molar-refractivity contribution is 0.0341. The number of carbonyl (C=O) groups is 1. The fourth-order valence-electron chi connectivity index (χ4n) is 4.47. The Morgan fingerprint density at radius 3 is 2.68 bits per heavy atom. The number of carbonyl (C=O) groups excluding carboxylic acids is 1. The third-order valence-corrected chi connectivity index (χ3v) is 6.91. The molecule has 1 saturated heterocycles. The van der Waals surface area contributed by atoms with Crippen molar-refractivity contribution in [1.29, 1.82) is 0 Å². The second-order valence-corrected chi connectivity index (χ2v) is 9.48. The van der Waals surface area contributed by atoms with Crippen molar-refractivity contribution in [2.24, 2.45) is 0 Å². The summed E-state index contributed by atoms with van der Waals surface area (Å²) in [5.74, 6) is 0.447. The van der Waals surface area contributed by atoms with E-state index in [0.29, 0.717) is 47.1 Å². The first kappa shape index (κ1) is 23.3. The Kier molecular flexibility index (Phi) is 6.85. The van der Waals surface area contributed by atoms with E-state index < -0.39 is 0 Å². The van der Waals surface area contributed by atoms with Crippen molar-refractivity contribution in [3.8, 4) is 5.75 Å². The van der Waals surface area contributed by atoms with E-state index in [-0.39, 0.29) is 18.6 Å². The van der Waals surface area contributed by atoms with Gasteiger partial charge in [-0.25, -0.2) is 0 Å². The standard InChI is InChI=1S/C25H26ClN3O4S/c26-18-3-1-16(2-4-18)11-27-25(31)21-14-29-13-19(15-30)33-22-10-17(9-20(23(22)29)24(21)34)12-28-5-7-32-8-6-28/h1-4,9-10,14,19,30H,5-8,11-13,15H2,(H,27,31). The van der Waals surface area contributed by atoms with Gasteiger partial charge in [-0.05, 0) is 35.4 Å². The first-order chi connectivity index (χ1) is 16.5. The van der Waals surface area contributed by atoms with Gasteiger partial charge in [-0.2, -0.15) is 0 Å². The fourth-order valence-corrected chi connectivity index (χ4v) is 4.90. The zero-order chi connectivity index (χ0) is 23.7. The Labute approximate surface area is 207 Å². The molecule has 0 bridgehead atoms. The van der Waals surface area contributed by atoms with Crippen molar-refractivity contribution in [3.05, 3.63) is 68.8 Å². The second kappa shape index (κ2) is 10.0. The van der Waals surface area contributed by atoms with Crippen molar-refractivity contribution >= 4 is 40.6 Å². The lowest BCUT2D eigenvalue weighted by Gasteiger charge is -2.30. The normalized spacial score (nSPS) is 18.0. The summed E-state index contributed by atoms with van der Waals surface area (Å²) in [6, 6.07) is 11.4. The predicted molar refractivity (Wildman–Crippen MR) is 133 cm³/mol. The van der Waals surface area contributed by atoms with Crippen LogP contribution in [0.5, 0.6) is 5.75 Å². The number of morpholine rings is 1. The van der Waals surface area contributed by atoms with Crippen LogP contribution in [0.3, 0.4) is 0 Å². The van der Waals surface area contributed by atoms with Crippen molar-refractivity contribution in [3.63, 3.8) is 0 Å². The maximum absolute atomic E-state index is 13.2. The number of rotatable bonds is 6.